The van der Waals surface area contributed by atoms with Crippen molar-refractivity contribution in [3.05, 3.63) is 47.4 Å². The number of nitrogens with two attached hydrogens (primary N) is 1. The summed E-state index contributed by atoms with van der Waals surface area (Å²) < 4.78 is 0. The van der Waals surface area contributed by atoms with E-state index in [9.17, 15) is 0 Å². The molecule has 2 rings (SSSR count). The number of hydrogen-bond acceptors (Lipinski definition) is 3. The van der Waals surface area contributed by atoms with Crippen molar-refractivity contribution in [3.8, 4) is 11.3 Å². The maximum absolute atomic E-state index is 5.94. The first-order chi connectivity index (χ1) is 7.79. The van der Waals surface area contributed by atoms with E-state index in [1.54, 1.807) is 6.07 Å². The number of halogens is 1. The lowest BCUT2D eigenvalue weighted by atomic mass is 10.1. The molecular formula is C12H12ClN3. The fourth-order valence-electron chi connectivity index (χ4n) is 1.46. The van der Waals surface area contributed by atoms with E-state index in [1.165, 1.54) is 0 Å². The van der Waals surface area contributed by atoms with Crippen molar-refractivity contribution in [2.45, 2.75) is 6.42 Å². The minimum Gasteiger partial charge on any atom is -0.330 e. The number of nitrogens with zero attached hydrogens (tertiary/aromatic N) is 2. The van der Waals surface area contributed by atoms with Gasteiger partial charge in [-0.2, -0.15) is 0 Å². The summed E-state index contributed by atoms with van der Waals surface area (Å²) in [5.41, 5.74) is 7.35. The Kier molecular flexibility index (Phi) is 3.49. The van der Waals surface area contributed by atoms with Gasteiger partial charge in [0.2, 0.25) is 0 Å². The SMILES string of the molecule is NCCc1nc(Cl)cc(-c2ccccc2)n1. The number of rotatable bonds is 3. The lowest BCUT2D eigenvalue weighted by molar-refractivity contribution is 0.870. The zero-order valence-corrected chi connectivity index (χ0v) is 9.48. The van der Waals surface area contributed by atoms with Gasteiger partial charge in [0.05, 0.1) is 5.69 Å². The lowest BCUT2D eigenvalue weighted by Crippen LogP contribution is -2.07. The van der Waals surface area contributed by atoms with Crippen molar-refractivity contribution >= 4 is 11.6 Å². The second-order valence-electron chi connectivity index (χ2n) is 3.40. The Balaban J connectivity index is 2.41. The summed E-state index contributed by atoms with van der Waals surface area (Å²) in [5.74, 6) is 0.689. The second-order valence-corrected chi connectivity index (χ2v) is 3.78. The summed E-state index contributed by atoms with van der Waals surface area (Å²) >= 11 is 5.94. The summed E-state index contributed by atoms with van der Waals surface area (Å²) in [5, 5.41) is 0.456. The first-order valence-corrected chi connectivity index (χ1v) is 5.46. The van der Waals surface area contributed by atoms with Gasteiger partial charge in [0.25, 0.3) is 0 Å². The molecule has 0 unspecified atom stereocenters. The highest BCUT2D eigenvalue weighted by atomic mass is 35.5. The first-order valence-electron chi connectivity index (χ1n) is 5.08. The topological polar surface area (TPSA) is 51.8 Å². The van der Waals surface area contributed by atoms with Gasteiger partial charge in [-0.3, -0.25) is 0 Å². The van der Waals surface area contributed by atoms with Crippen LogP contribution in [-0.2, 0) is 6.42 Å². The molecule has 4 heteroatoms. The van der Waals surface area contributed by atoms with Crippen LogP contribution in [0, 0.1) is 0 Å². The second kappa shape index (κ2) is 5.05. The molecule has 0 radical (unpaired) electrons. The van der Waals surface area contributed by atoms with Crippen LogP contribution in [0.1, 0.15) is 5.82 Å². The van der Waals surface area contributed by atoms with E-state index in [0.29, 0.717) is 23.9 Å². The van der Waals surface area contributed by atoms with Crippen LogP contribution in [0.2, 0.25) is 5.15 Å². The van der Waals surface area contributed by atoms with E-state index >= 15 is 0 Å². The van der Waals surface area contributed by atoms with Crippen LogP contribution in [-0.4, -0.2) is 16.5 Å². The molecule has 3 nitrogen and oxygen atoms in total. The fourth-order valence-corrected chi connectivity index (χ4v) is 1.66. The van der Waals surface area contributed by atoms with Crippen LogP contribution < -0.4 is 5.73 Å². The Labute approximate surface area is 99.3 Å². The van der Waals surface area contributed by atoms with Gasteiger partial charge in [0.1, 0.15) is 11.0 Å². The van der Waals surface area contributed by atoms with Gasteiger partial charge in [-0.15, -0.1) is 0 Å². The molecular weight excluding hydrogens is 222 g/mol. The highest BCUT2D eigenvalue weighted by Gasteiger charge is 2.04. The molecule has 0 aliphatic carbocycles. The minimum atomic E-state index is 0.456. The Bertz CT molecular complexity index is 471. The van der Waals surface area contributed by atoms with Crippen molar-refractivity contribution in [2.24, 2.45) is 5.73 Å². The van der Waals surface area contributed by atoms with E-state index in [2.05, 4.69) is 9.97 Å². The minimum absolute atomic E-state index is 0.456. The third-order valence-electron chi connectivity index (χ3n) is 2.18. The first kappa shape index (κ1) is 11.0. The molecule has 2 aromatic rings. The van der Waals surface area contributed by atoms with Crippen molar-refractivity contribution in [2.75, 3.05) is 6.54 Å². The van der Waals surface area contributed by atoms with Gasteiger partial charge >= 0.3 is 0 Å². The molecule has 0 fully saturated rings. The fraction of sp³-hybridized carbons (Fsp3) is 0.167. The van der Waals surface area contributed by atoms with Crippen LogP contribution in [0.4, 0.5) is 0 Å². The number of benzene rings is 1. The molecule has 16 heavy (non-hydrogen) atoms. The number of aromatic nitrogens is 2. The van der Waals surface area contributed by atoms with E-state index in [4.69, 9.17) is 17.3 Å². The zero-order chi connectivity index (χ0) is 11.4. The van der Waals surface area contributed by atoms with Crippen LogP contribution in [0.25, 0.3) is 11.3 Å². The Morgan fingerprint density at radius 2 is 1.88 bits per heavy atom. The Hall–Kier alpha value is -1.45. The third kappa shape index (κ3) is 2.56. The predicted octanol–water partition coefficient (Wildman–Crippen LogP) is 2.30. The van der Waals surface area contributed by atoms with E-state index in [0.717, 1.165) is 11.3 Å². The normalized spacial score (nSPS) is 10.4. The summed E-state index contributed by atoms with van der Waals surface area (Å²) in [6, 6.07) is 11.6. The maximum Gasteiger partial charge on any atom is 0.133 e. The molecule has 1 aromatic heterocycles. The summed E-state index contributed by atoms with van der Waals surface area (Å²) in [6.07, 6.45) is 0.639. The number of hydrogen-bond donors (Lipinski definition) is 1. The van der Waals surface area contributed by atoms with Crippen LogP contribution in [0.15, 0.2) is 36.4 Å². The monoisotopic (exact) mass is 233 g/mol. The van der Waals surface area contributed by atoms with E-state index in [-0.39, 0.29) is 0 Å². The van der Waals surface area contributed by atoms with Crippen molar-refractivity contribution in [3.63, 3.8) is 0 Å². The summed E-state index contributed by atoms with van der Waals surface area (Å²) in [4.78, 5) is 8.54. The van der Waals surface area contributed by atoms with Crippen LogP contribution in [0.3, 0.4) is 0 Å². The predicted molar refractivity (Wildman–Crippen MR) is 65.2 cm³/mol. The molecule has 0 amide bonds. The van der Waals surface area contributed by atoms with E-state index < -0.39 is 0 Å². The molecule has 0 atom stereocenters. The van der Waals surface area contributed by atoms with Gasteiger partial charge in [-0.1, -0.05) is 41.9 Å². The molecule has 82 valence electrons. The molecule has 0 aliphatic rings. The van der Waals surface area contributed by atoms with Crippen LogP contribution in [0.5, 0.6) is 0 Å². The van der Waals surface area contributed by atoms with Crippen molar-refractivity contribution < 1.29 is 0 Å². The largest absolute Gasteiger partial charge is 0.330 e. The molecule has 0 bridgehead atoms. The Morgan fingerprint density at radius 3 is 2.56 bits per heavy atom. The van der Waals surface area contributed by atoms with Gasteiger partial charge in [-0.05, 0) is 6.54 Å². The van der Waals surface area contributed by atoms with E-state index in [1.807, 2.05) is 30.3 Å². The van der Waals surface area contributed by atoms with Crippen LogP contribution >= 0.6 is 11.6 Å². The molecule has 0 saturated carbocycles. The smallest absolute Gasteiger partial charge is 0.133 e. The molecule has 0 spiro atoms. The summed E-state index contributed by atoms with van der Waals surface area (Å²) in [6.45, 7) is 0.522. The molecule has 2 N–H and O–H groups in total. The summed E-state index contributed by atoms with van der Waals surface area (Å²) in [7, 11) is 0. The quantitative estimate of drug-likeness (QED) is 0.828. The molecule has 1 heterocycles. The Morgan fingerprint density at radius 1 is 1.12 bits per heavy atom. The molecule has 0 aliphatic heterocycles. The maximum atomic E-state index is 5.94. The van der Waals surface area contributed by atoms with Gasteiger partial charge < -0.3 is 5.73 Å². The third-order valence-corrected chi connectivity index (χ3v) is 2.37. The van der Waals surface area contributed by atoms with Gasteiger partial charge in [0, 0.05) is 18.1 Å². The highest BCUT2D eigenvalue weighted by molar-refractivity contribution is 6.29. The van der Waals surface area contributed by atoms with Gasteiger partial charge in [0.15, 0.2) is 0 Å². The molecule has 1 aromatic carbocycles. The average molecular weight is 234 g/mol. The molecule has 0 saturated heterocycles. The van der Waals surface area contributed by atoms with Gasteiger partial charge in [-0.25, -0.2) is 9.97 Å². The zero-order valence-electron chi connectivity index (χ0n) is 8.73. The standard InChI is InChI=1S/C12H12ClN3/c13-11-8-10(9-4-2-1-3-5-9)15-12(16-11)6-7-14/h1-5,8H,6-7,14H2. The highest BCUT2D eigenvalue weighted by Crippen LogP contribution is 2.19. The lowest BCUT2D eigenvalue weighted by Gasteiger charge is -2.04. The van der Waals surface area contributed by atoms with Crippen molar-refractivity contribution in [1.29, 1.82) is 0 Å². The van der Waals surface area contributed by atoms with Crippen molar-refractivity contribution in [1.82, 2.24) is 9.97 Å². The average Bonchev–Trinajstić information content (AvgIpc) is 2.30.